The second kappa shape index (κ2) is 6.56. The Bertz CT molecular complexity index is 968. The number of nitrogens with zero attached hydrogens (tertiary/aromatic N) is 5. The van der Waals surface area contributed by atoms with Crippen molar-refractivity contribution in [3.63, 3.8) is 0 Å². The molecule has 1 saturated heterocycles. The highest BCUT2D eigenvalue weighted by molar-refractivity contribution is 9.10. The molecule has 3 aromatic rings. The van der Waals surface area contributed by atoms with Crippen LogP contribution in [-0.4, -0.2) is 49.9 Å². The first kappa shape index (κ1) is 17.1. The van der Waals surface area contributed by atoms with E-state index < -0.39 is 0 Å². The maximum Gasteiger partial charge on any atom is 0.264 e. The number of amides is 1. The van der Waals surface area contributed by atoms with Crippen LogP contribution in [0.1, 0.15) is 22.5 Å². The number of hydrogen-bond donors (Lipinski definition) is 1. The zero-order chi connectivity index (χ0) is 18.5. The number of hydrogen-bond acceptors (Lipinski definition) is 6. The van der Waals surface area contributed by atoms with Gasteiger partial charge in [0.15, 0.2) is 0 Å². The van der Waals surface area contributed by atoms with E-state index in [9.17, 15) is 4.79 Å². The number of fused-ring (bicyclic) bond motifs is 2. The van der Waals surface area contributed by atoms with Crippen molar-refractivity contribution in [1.29, 1.82) is 0 Å². The van der Waals surface area contributed by atoms with Gasteiger partial charge in [0, 0.05) is 38.3 Å². The Balaban J connectivity index is 1.29. The van der Waals surface area contributed by atoms with Crippen LogP contribution in [0.4, 0.5) is 5.82 Å². The van der Waals surface area contributed by atoms with Crippen LogP contribution in [0.5, 0.6) is 0 Å². The zero-order valence-corrected chi connectivity index (χ0v) is 17.2. The Labute approximate surface area is 168 Å². The molecule has 1 aliphatic carbocycles. The second-order valence-electron chi connectivity index (χ2n) is 7.37. The van der Waals surface area contributed by atoms with E-state index in [0.717, 1.165) is 51.4 Å². The van der Waals surface area contributed by atoms with Crippen molar-refractivity contribution in [2.24, 2.45) is 18.9 Å². The first-order valence-corrected chi connectivity index (χ1v) is 10.7. The number of likely N-dealkylation sites (tertiary alicyclic amines) is 1. The van der Waals surface area contributed by atoms with E-state index in [1.165, 1.54) is 11.3 Å². The van der Waals surface area contributed by atoms with Crippen LogP contribution in [0, 0.1) is 11.8 Å². The number of aryl methyl sites for hydroxylation is 1. The normalized spacial score (nSPS) is 24.5. The van der Waals surface area contributed by atoms with E-state index in [2.05, 4.69) is 36.5 Å². The van der Waals surface area contributed by atoms with Gasteiger partial charge in [0.2, 0.25) is 0 Å². The molecule has 140 valence electrons. The molecule has 0 bridgehead atoms. The molecule has 3 atom stereocenters. The average Bonchev–Trinajstić information content (AvgIpc) is 3.37. The monoisotopic (exact) mass is 446 g/mol. The maximum atomic E-state index is 13.0. The van der Waals surface area contributed by atoms with Crippen molar-refractivity contribution < 1.29 is 4.79 Å². The van der Waals surface area contributed by atoms with Gasteiger partial charge in [0.05, 0.1) is 9.58 Å². The minimum atomic E-state index is 0.136. The molecule has 0 aromatic carbocycles. The van der Waals surface area contributed by atoms with Gasteiger partial charge < -0.3 is 10.2 Å². The summed E-state index contributed by atoms with van der Waals surface area (Å²) in [5.74, 6) is 1.96. The summed E-state index contributed by atoms with van der Waals surface area (Å²) in [4.78, 5) is 15.8. The fourth-order valence-electron chi connectivity index (χ4n) is 4.39. The molecular weight excluding hydrogens is 428 g/mol. The van der Waals surface area contributed by atoms with Gasteiger partial charge in [-0.2, -0.15) is 5.10 Å². The number of aromatic nitrogens is 4. The van der Waals surface area contributed by atoms with Crippen LogP contribution >= 0.6 is 27.3 Å². The summed E-state index contributed by atoms with van der Waals surface area (Å²) in [5.41, 5.74) is 0.901. The summed E-state index contributed by atoms with van der Waals surface area (Å²) in [5, 5.41) is 16.1. The third kappa shape index (κ3) is 3.12. The second-order valence-corrected chi connectivity index (χ2v) is 9.26. The highest BCUT2D eigenvalue weighted by atomic mass is 79.9. The van der Waals surface area contributed by atoms with Crippen molar-refractivity contribution in [2.75, 3.05) is 18.4 Å². The van der Waals surface area contributed by atoms with E-state index in [-0.39, 0.29) is 5.91 Å². The van der Waals surface area contributed by atoms with Crippen LogP contribution in [0.2, 0.25) is 0 Å². The molecule has 2 fully saturated rings. The first-order chi connectivity index (χ1) is 13.1. The van der Waals surface area contributed by atoms with Gasteiger partial charge in [-0.15, -0.1) is 21.5 Å². The summed E-state index contributed by atoms with van der Waals surface area (Å²) in [7, 11) is 1.90. The van der Waals surface area contributed by atoms with E-state index >= 15 is 0 Å². The first-order valence-electron chi connectivity index (χ1n) is 9.05. The molecule has 0 radical (unpaired) electrons. The Morgan fingerprint density at radius 1 is 1.30 bits per heavy atom. The molecular formula is C18H19BrN6OS. The molecule has 1 saturated carbocycles. The number of nitrogens with one attached hydrogen (secondary N) is 1. The molecule has 0 unspecified atom stereocenters. The molecule has 5 rings (SSSR count). The minimum Gasteiger partial charge on any atom is -0.365 e. The Kier molecular flexibility index (Phi) is 4.16. The Hall–Kier alpha value is -2.00. The van der Waals surface area contributed by atoms with E-state index in [1.807, 2.05) is 36.3 Å². The molecule has 7 nitrogen and oxygen atoms in total. The number of halogens is 1. The lowest BCUT2D eigenvalue weighted by atomic mass is 9.98. The molecule has 2 aliphatic rings. The van der Waals surface area contributed by atoms with Crippen molar-refractivity contribution >= 4 is 49.2 Å². The summed E-state index contributed by atoms with van der Waals surface area (Å²) in [6.07, 6.45) is 4.22. The molecule has 0 spiro atoms. The fraction of sp³-hybridized carbons (Fsp3) is 0.444. The van der Waals surface area contributed by atoms with Crippen molar-refractivity contribution in [3.8, 4) is 0 Å². The lowest BCUT2D eigenvalue weighted by Crippen LogP contribution is -2.33. The number of thiophene rings is 1. The van der Waals surface area contributed by atoms with Crippen LogP contribution in [-0.2, 0) is 7.05 Å². The number of carbonyl (C=O) groups is 1. The number of rotatable bonds is 3. The van der Waals surface area contributed by atoms with Gasteiger partial charge in [0.1, 0.15) is 15.9 Å². The molecule has 9 heteroatoms. The molecule has 27 heavy (non-hydrogen) atoms. The summed E-state index contributed by atoms with van der Waals surface area (Å²) in [6.45, 7) is 1.64. The average molecular weight is 447 g/mol. The fourth-order valence-corrected chi connectivity index (χ4v) is 5.63. The standard InChI is InChI=1S/C18H19BrN6OS/c1-24-9-15-13(23-24)6-14(27-15)18(26)25-7-10-2-3-12(11(10)8-25)20-17-5-4-16(19)21-22-17/h4-6,9-12H,2-3,7-8H2,1H3,(H,20,22)/t10-,11+,12+/m0/s1. The molecule has 3 aromatic heterocycles. The van der Waals surface area contributed by atoms with Gasteiger partial charge in [0.25, 0.3) is 5.91 Å². The maximum absolute atomic E-state index is 13.0. The predicted molar refractivity (Wildman–Crippen MR) is 108 cm³/mol. The lowest BCUT2D eigenvalue weighted by Gasteiger charge is -2.21. The van der Waals surface area contributed by atoms with Crippen LogP contribution in [0.15, 0.2) is 29.0 Å². The third-order valence-corrected chi connectivity index (χ3v) is 7.10. The molecule has 1 N–H and O–H groups in total. The van der Waals surface area contributed by atoms with E-state index in [1.54, 1.807) is 4.68 Å². The highest BCUT2D eigenvalue weighted by Gasteiger charge is 2.44. The SMILES string of the molecule is Cn1cc2sc(C(=O)N3C[C@@H]4CC[C@@H](Nc5ccc(Br)nn5)[C@@H]4C3)cc2n1. The van der Waals surface area contributed by atoms with Crippen LogP contribution < -0.4 is 5.32 Å². The third-order valence-electron chi connectivity index (χ3n) is 5.63. The highest BCUT2D eigenvalue weighted by Crippen LogP contribution is 2.40. The zero-order valence-electron chi connectivity index (χ0n) is 14.8. The van der Waals surface area contributed by atoms with Crippen LogP contribution in [0.25, 0.3) is 10.2 Å². The van der Waals surface area contributed by atoms with Gasteiger partial charge in [-0.25, -0.2) is 0 Å². The molecule has 1 amide bonds. The van der Waals surface area contributed by atoms with E-state index in [4.69, 9.17) is 0 Å². The quantitative estimate of drug-likeness (QED) is 0.668. The summed E-state index contributed by atoms with van der Waals surface area (Å²) < 4.78 is 3.58. The summed E-state index contributed by atoms with van der Waals surface area (Å²) in [6, 6.07) is 6.09. The van der Waals surface area contributed by atoms with E-state index in [0.29, 0.717) is 17.9 Å². The van der Waals surface area contributed by atoms with Crippen molar-refractivity contribution in [3.05, 3.63) is 33.9 Å². The minimum absolute atomic E-state index is 0.136. The Morgan fingerprint density at radius 3 is 2.96 bits per heavy atom. The number of anilines is 1. The largest absolute Gasteiger partial charge is 0.365 e. The van der Waals surface area contributed by atoms with Gasteiger partial charge >= 0.3 is 0 Å². The van der Waals surface area contributed by atoms with Gasteiger partial charge in [-0.3, -0.25) is 9.48 Å². The van der Waals surface area contributed by atoms with Crippen LogP contribution in [0.3, 0.4) is 0 Å². The van der Waals surface area contributed by atoms with Gasteiger partial charge in [-0.1, -0.05) is 0 Å². The van der Waals surface area contributed by atoms with Crippen molar-refractivity contribution in [1.82, 2.24) is 24.9 Å². The number of carbonyl (C=O) groups excluding carboxylic acids is 1. The lowest BCUT2D eigenvalue weighted by molar-refractivity contribution is 0.0785. The predicted octanol–water partition coefficient (Wildman–Crippen LogP) is 3.15. The summed E-state index contributed by atoms with van der Waals surface area (Å²) >= 11 is 4.85. The topological polar surface area (TPSA) is 75.9 Å². The Morgan fingerprint density at radius 2 is 2.19 bits per heavy atom. The molecule has 1 aliphatic heterocycles. The molecule has 4 heterocycles. The van der Waals surface area contributed by atoms with Gasteiger partial charge in [-0.05, 0) is 52.9 Å². The van der Waals surface area contributed by atoms with Crippen molar-refractivity contribution in [2.45, 2.75) is 18.9 Å². The smallest absolute Gasteiger partial charge is 0.264 e.